The molecule has 2 nitrogen and oxygen atoms in total. The summed E-state index contributed by atoms with van der Waals surface area (Å²) in [5.41, 5.74) is 1.38. The van der Waals surface area contributed by atoms with Gasteiger partial charge in [0.2, 0.25) is 0 Å². The van der Waals surface area contributed by atoms with Gasteiger partial charge in [-0.15, -0.1) is 0 Å². The van der Waals surface area contributed by atoms with Crippen LogP contribution in [0.15, 0.2) is 48.5 Å². The van der Waals surface area contributed by atoms with Gasteiger partial charge in [0.1, 0.15) is 0 Å². The van der Waals surface area contributed by atoms with E-state index < -0.39 is 11.7 Å². The van der Waals surface area contributed by atoms with E-state index in [9.17, 15) is 13.2 Å². The van der Waals surface area contributed by atoms with Gasteiger partial charge in [-0.3, -0.25) is 0 Å². The van der Waals surface area contributed by atoms with Crippen LogP contribution in [0.3, 0.4) is 0 Å². The first-order chi connectivity index (χ1) is 13.5. The SMILES string of the molecule is FC(F)(F)c1cc(-c2ccccc2)ccc1[C@@H]1C[C@H]1NCCN1CCCCC1. The first kappa shape index (κ1) is 19.5. The van der Waals surface area contributed by atoms with Crippen molar-refractivity contribution in [3.8, 4) is 11.1 Å². The predicted molar refractivity (Wildman–Crippen MR) is 106 cm³/mol. The smallest absolute Gasteiger partial charge is 0.312 e. The third-order valence-corrected chi connectivity index (χ3v) is 5.94. The van der Waals surface area contributed by atoms with Gasteiger partial charge in [0.05, 0.1) is 5.56 Å². The van der Waals surface area contributed by atoms with E-state index in [1.54, 1.807) is 6.07 Å². The van der Waals surface area contributed by atoms with E-state index in [1.807, 2.05) is 36.4 Å². The van der Waals surface area contributed by atoms with Crippen LogP contribution in [0.1, 0.15) is 42.7 Å². The average Bonchev–Trinajstić information content (AvgIpc) is 3.48. The summed E-state index contributed by atoms with van der Waals surface area (Å²) < 4.78 is 41.2. The zero-order chi connectivity index (χ0) is 19.6. The number of benzene rings is 2. The molecule has 2 aromatic carbocycles. The molecule has 0 bridgehead atoms. The Morgan fingerprint density at radius 1 is 0.929 bits per heavy atom. The molecule has 1 N–H and O–H groups in total. The maximum Gasteiger partial charge on any atom is 0.416 e. The van der Waals surface area contributed by atoms with Crippen LogP contribution in [0, 0.1) is 0 Å². The highest BCUT2D eigenvalue weighted by molar-refractivity contribution is 5.65. The minimum absolute atomic E-state index is 0.0391. The number of rotatable bonds is 6. The van der Waals surface area contributed by atoms with Crippen LogP contribution in [0.5, 0.6) is 0 Å². The first-order valence-electron chi connectivity index (χ1n) is 10.2. The molecule has 2 aliphatic rings. The Labute approximate surface area is 164 Å². The Morgan fingerprint density at radius 3 is 2.39 bits per heavy atom. The number of likely N-dealkylation sites (tertiary alicyclic amines) is 1. The fourth-order valence-electron chi connectivity index (χ4n) is 4.29. The fraction of sp³-hybridized carbons (Fsp3) is 0.478. The second kappa shape index (κ2) is 8.26. The number of alkyl halides is 3. The van der Waals surface area contributed by atoms with E-state index in [0.29, 0.717) is 11.1 Å². The summed E-state index contributed by atoms with van der Waals surface area (Å²) in [7, 11) is 0. The van der Waals surface area contributed by atoms with Gasteiger partial charge in [0.25, 0.3) is 0 Å². The molecule has 1 heterocycles. The van der Waals surface area contributed by atoms with Crippen LogP contribution >= 0.6 is 0 Å². The van der Waals surface area contributed by atoms with E-state index in [0.717, 1.165) is 38.2 Å². The molecule has 1 saturated heterocycles. The molecule has 0 radical (unpaired) electrons. The predicted octanol–water partition coefficient (Wildman–Crippen LogP) is 5.30. The standard InChI is InChI=1S/C23H27F3N2/c24-23(25,26)21-15-18(17-7-3-1-4-8-17)9-10-19(21)20-16-22(20)27-11-14-28-12-5-2-6-13-28/h1,3-4,7-10,15,20,22,27H,2,5-6,11-14,16H2/t20-,22+/m0/s1. The number of halogens is 3. The molecule has 28 heavy (non-hydrogen) atoms. The van der Waals surface area contributed by atoms with Crippen molar-refractivity contribution in [1.29, 1.82) is 0 Å². The van der Waals surface area contributed by atoms with E-state index in [-0.39, 0.29) is 12.0 Å². The minimum atomic E-state index is -4.33. The van der Waals surface area contributed by atoms with E-state index >= 15 is 0 Å². The number of nitrogens with one attached hydrogen (secondary N) is 1. The quantitative estimate of drug-likeness (QED) is 0.722. The number of nitrogens with zero attached hydrogens (tertiary/aromatic N) is 1. The second-order valence-electron chi connectivity index (χ2n) is 7.97. The Balaban J connectivity index is 1.43. The highest BCUT2D eigenvalue weighted by atomic mass is 19.4. The fourth-order valence-corrected chi connectivity index (χ4v) is 4.29. The monoisotopic (exact) mass is 388 g/mol. The second-order valence-corrected chi connectivity index (χ2v) is 7.97. The number of hydrogen-bond donors (Lipinski definition) is 1. The van der Waals surface area contributed by atoms with Crippen LogP contribution in [0.25, 0.3) is 11.1 Å². The lowest BCUT2D eigenvalue weighted by Gasteiger charge is -2.26. The van der Waals surface area contributed by atoms with Gasteiger partial charge in [-0.25, -0.2) is 0 Å². The van der Waals surface area contributed by atoms with Crippen molar-refractivity contribution in [3.05, 3.63) is 59.7 Å². The van der Waals surface area contributed by atoms with Gasteiger partial charge >= 0.3 is 6.18 Å². The maximum absolute atomic E-state index is 13.7. The third-order valence-electron chi connectivity index (χ3n) is 5.94. The molecule has 1 saturated carbocycles. The summed E-state index contributed by atoms with van der Waals surface area (Å²) in [6.07, 6.45) is 0.284. The van der Waals surface area contributed by atoms with Crippen molar-refractivity contribution in [1.82, 2.24) is 10.2 Å². The summed E-state index contributed by atoms with van der Waals surface area (Å²) in [4.78, 5) is 2.45. The van der Waals surface area contributed by atoms with Gasteiger partial charge in [-0.05, 0) is 55.1 Å². The van der Waals surface area contributed by atoms with Crippen molar-refractivity contribution in [2.45, 2.75) is 43.8 Å². The Kier molecular flexibility index (Phi) is 5.74. The molecule has 4 rings (SSSR count). The summed E-state index contributed by atoms with van der Waals surface area (Å²) in [5, 5.41) is 3.47. The molecule has 0 aromatic heterocycles. The third kappa shape index (κ3) is 4.58. The summed E-state index contributed by atoms with van der Waals surface area (Å²) in [6, 6.07) is 14.2. The molecule has 5 heteroatoms. The molecule has 0 unspecified atom stereocenters. The van der Waals surface area contributed by atoms with Crippen molar-refractivity contribution in [2.75, 3.05) is 26.2 Å². The number of piperidine rings is 1. The van der Waals surface area contributed by atoms with Gasteiger partial charge in [-0.2, -0.15) is 13.2 Å². The van der Waals surface area contributed by atoms with Crippen molar-refractivity contribution >= 4 is 0 Å². The zero-order valence-corrected chi connectivity index (χ0v) is 16.0. The molecule has 1 aliphatic carbocycles. The van der Waals surface area contributed by atoms with Gasteiger partial charge in [0.15, 0.2) is 0 Å². The Morgan fingerprint density at radius 2 is 1.68 bits per heavy atom. The maximum atomic E-state index is 13.7. The first-order valence-corrected chi connectivity index (χ1v) is 10.2. The Bertz CT molecular complexity index is 782. The topological polar surface area (TPSA) is 15.3 Å². The molecule has 2 fully saturated rings. The van der Waals surface area contributed by atoms with Crippen molar-refractivity contribution in [2.24, 2.45) is 0 Å². The van der Waals surface area contributed by atoms with Crippen molar-refractivity contribution in [3.63, 3.8) is 0 Å². The van der Waals surface area contributed by atoms with Crippen LogP contribution in [0.2, 0.25) is 0 Å². The van der Waals surface area contributed by atoms with E-state index in [1.165, 1.54) is 25.3 Å². The highest BCUT2D eigenvalue weighted by Crippen LogP contribution is 2.47. The van der Waals surface area contributed by atoms with E-state index in [4.69, 9.17) is 0 Å². The number of hydrogen-bond acceptors (Lipinski definition) is 2. The molecular weight excluding hydrogens is 361 g/mol. The summed E-state index contributed by atoms with van der Waals surface area (Å²) in [5.74, 6) is -0.0391. The molecular formula is C23H27F3N2. The average molecular weight is 388 g/mol. The lowest BCUT2D eigenvalue weighted by atomic mass is 9.96. The van der Waals surface area contributed by atoms with Gasteiger partial charge in [-0.1, -0.05) is 48.9 Å². The molecule has 0 amide bonds. The largest absolute Gasteiger partial charge is 0.416 e. The molecule has 1 aliphatic heterocycles. The Hall–Kier alpha value is -1.85. The van der Waals surface area contributed by atoms with Crippen molar-refractivity contribution < 1.29 is 13.2 Å². The summed E-state index contributed by atoms with van der Waals surface area (Å²) >= 11 is 0. The van der Waals surface area contributed by atoms with E-state index in [2.05, 4.69) is 10.2 Å². The van der Waals surface area contributed by atoms with Crippen LogP contribution in [-0.4, -0.2) is 37.1 Å². The lowest BCUT2D eigenvalue weighted by Crippen LogP contribution is -2.36. The highest BCUT2D eigenvalue weighted by Gasteiger charge is 2.44. The van der Waals surface area contributed by atoms with Gasteiger partial charge in [0, 0.05) is 25.0 Å². The zero-order valence-electron chi connectivity index (χ0n) is 16.0. The van der Waals surface area contributed by atoms with Crippen LogP contribution in [0.4, 0.5) is 13.2 Å². The molecule has 2 atom stereocenters. The molecule has 0 spiro atoms. The molecule has 2 aromatic rings. The lowest BCUT2D eigenvalue weighted by molar-refractivity contribution is -0.138. The van der Waals surface area contributed by atoms with Crippen LogP contribution in [-0.2, 0) is 6.18 Å². The minimum Gasteiger partial charge on any atom is -0.312 e. The van der Waals surface area contributed by atoms with Gasteiger partial charge < -0.3 is 10.2 Å². The summed E-state index contributed by atoms with van der Waals surface area (Å²) in [6.45, 7) is 4.14. The normalized spacial score (nSPS) is 23.0. The van der Waals surface area contributed by atoms with Crippen LogP contribution < -0.4 is 5.32 Å². The molecule has 150 valence electrons.